The quantitative estimate of drug-likeness (QED) is 0.310. The predicted molar refractivity (Wildman–Crippen MR) is 118 cm³/mol. The van der Waals surface area contributed by atoms with E-state index in [1.54, 1.807) is 4.90 Å². The van der Waals surface area contributed by atoms with Crippen LogP contribution in [0.25, 0.3) is 0 Å². The minimum Gasteiger partial charge on any atom is -0.342 e. The lowest BCUT2D eigenvalue weighted by Gasteiger charge is -2.24. The van der Waals surface area contributed by atoms with Gasteiger partial charge in [-0.05, 0) is 33.1 Å². The van der Waals surface area contributed by atoms with E-state index in [-0.39, 0.29) is 55.4 Å². The van der Waals surface area contributed by atoms with Crippen molar-refractivity contribution in [1.82, 2.24) is 20.6 Å². The van der Waals surface area contributed by atoms with Gasteiger partial charge in [-0.25, -0.2) is 9.59 Å². The third-order valence-electron chi connectivity index (χ3n) is 6.28. The molecule has 0 aromatic carbocycles. The topological polar surface area (TPSA) is 137 Å². The third kappa shape index (κ3) is 7.26. The van der Waals surface area contributed by atoms with Gasteiger partial charge < -0.3 is 20.4 Å². The molecule has 5 amide bonds. The lowest BCUT2D eigenvalue weighted by molar-refractivity contribution is -0.197. The number of hydrogen-bond donors (Lipinski definition) is 2. The third-order valence-corrected chi connectivity index (χ3v) is 6.28. The first-order chi connectivity index (χ1) is 15.7. The Morgan fingerprint density at radius 1 is 1.12 bits per heavy atom. The number of nitrogens with one attached hydrogen (secondary N) is 2. The van der Waals surface area contributed by atoms with Crippen molar-refractivity contribution in [1.29, 1.82) is 0 Å². The molecule has 11 heteroatoms. The van der Waals surface area contributed by atoms with Crippen molar-refractivity contribution < 1.29 is 28.8 Å². The maximum absolute atomic E-state index is 12.8. The van der Waals surface area contributed by atoms with Crippen LogP contribution in [-0.2, 0) is 24.0 Å². The number of hydroxylamine groups is 2. The molecule has 11 nitrogen and oxygen atoms in total. The van der Waals surface area contributed by atoms with Gasteiger partial charge in [0.2, 0.25) is 5.91 Å². The summed E-state index contributed by atoms with van der Waals surface area (Å²) >= 11 is 0. The zero-order valence-corrected chi connectivity index (χ0v) is 19.3. The second kappa shape index (κ2) is 10.8. The van der Waals surface area contributed by atoms with Crippen LogP contribution in [0.3, 0.4) is 0 Å². The smallest absolute Gasteiger partial charge is 0.334 e. The number of nitrogens with zero attached hydrogens (tertiary/aromatic N) is 3. The molecule has 0 aliphatic carbocycles. The van der Waals surface area contributed by atoms with Crippen LogP contribution in [0.2, 0.25) is 0 Å². The van der Waals surface area contributed by atoms with Crippen molar-refractivity contribution in [2.75, 3.05) is 13.1 Å². The zero-order chi connectivity index (χ0) is 24.0. The van der Waals surface area contributed by atoms with E-state index in [1.165, 1.54) is 0 Å². The van der Waals surface area contributed by atoms with E-state index in [9.17, 15) is 24.0 Å². The number of carbonyl (C=O) groups is 5. The summed E-state index contributed by atoms with van der Waals surface area (Å²) in [7, 11) is 0. The van der Waals surface area contributed by atoms with Gasteiger partial charge in [-0.1, -0.05) is 12.8 Å². The van der Waals surface area contributed by atoms with E-state index < -0.39 is 17.8 Å². The summed E-state index contributed by atoms with van der Waals surface area (Å²) in [6, 6.07) is 0.0829. The fraction of sp³-hybridized carbons (Fsp3) is 0.727. The molecule has 2 fully saturated rings. The highest BCUT2D eigenvalue weighted by Gasteiger charge is 2.34. The van der Waals surface area contributed by atoms with Crippen LogP contribution in [0, 0.1) is 0 Å². The largest absolute Gasteiger partial charge is 0.342 e. The van der Waals surface area contributed by atoms with Crippen molar-refractivity contribution >= 4 is 35.9 Å². The molecule has 0 bridgehead atoms. The Kier molecular flexibility index (Phi) is 8.04. The lowest BCUT2D eigenvalue weighted by atomic mass is 10.0. The van der Waals surface area contributed by atoms with E-state index >= 15 is 0 Å². The van der Waals surface area contributed by atoms with Gasteiger partial charge in [0.05, 0.1) is 18.0 Å². The van der Waals surface area contributed by atoms with E-state index in [1.807, 2.05) is 20.1 Å². The molecule has 3 aliphatic heterocycles. The van der Waals surface area contributed by atoms with Crippen molar-refractivity contribution in [3.8, 4) is 0 Å². The first kappa shape index (κ1) is 24.7. The molecule has 33 heavy (non-hydrogen) atoms. The van der Waals surface area contributed by atoms with Gasteiger partial charge in [-0.3, -0.25) is 19.4 Å². The van der Waals surface area contributed by atoms with Crippen LogP contribution in [0.5, 0.6) is 0 Å². The monoisotopic (exact) mass is 463 g/mol. The molecule has 2 saturated heterocycles. The van der Waals surface area contributed by atoms with Crippen LogP contribution < -0.4 is 10.6 Å². The molecule has 3 atom stereocenters. The summed E-state index contributed by atoms with van der Waals surface area (Å²) in [5.74, 6) is -1.82. The van der Waals surface area contributed by atoms with Crippen LogP contribution >= 0.6 is 0 Å². The Bertz CT molecular complexity index is 806. The van der Waals surface area contributed by atoms with Gasteiger partial charge in [0, 0.05) is 44.6 Å². The molecular formula is C22H33N5O6. The molecule has 3 heterocycles. The van der Waals surface area contributed by atoms with Crippen molar-refractivity contribution in [3.63, 3.8) is 0 Å². The number of urea groups is 1. The highest BCUT2D eigenvalue weighted by molar-refractivity contribution is 6.01. The van der Waals surface area contributed by atoms with Gasteiger partial charge in [0.1, 0.15) is 0 Å². The number of hydrogen-bond acceptors (Lipinski definition) is 7. The molecule has 0 aromatic heterocycles. The number of rotatable bonds is 13. The molecule has 0 radical (unpaired) electrons. The van der Waals surface area contributed by atoms with Crippen molar-refractivity contribution in [2.24, 2.45) is 4.99 Å². The summed E-state index contributed by atoms with van der Waals surface area (Å²) in [4.78, 5) is 70.2. The Morgan fingerprint density at radius 3 is 2.42 bits per heavy atom. The molecule has 3 rings (SSSR count). The highest BCUT2D eigenvalue weighted by Crippen LogP contribution is 2.24. The fourth-order valence-electron chi connectivity index (χ4n) is 3.93. The summed E-state index contributed by atoms with van der Waals surface area (Å²) < 4.78 is 0. The highest BCUT2D eigenvalue weighted by atomic mass is 16.7. The molecule has 3 unspecified atom stereocenters. The van der Waals surface area contributed by atoms with Gasteiger partial charge in [-0.2, -0.15) is 0 Å². The van der Waals surface area contributed by atoms with Crippen LogP contribution in [0.15, 0.2) is 4.99 Å². The summed E-state index contributed by atoms with van der Waals surface area (Å²) in [5.41, 5.74) is -0.218. The number of aliphatic imine (C=N–C) groups is 1. The Balaban J connectivity index is 1.39. The molecule has 0 spiro atoms. The SMILES string of the molecule is CC1NC(=O)NC1CCCCCC(=O)N(CCC(=O)ON1C(=O)CCC1=O)CCC1(C)C=N1. The average Bonchev–Trinajstić information content (AvgIpc) is 3.30. The van der Waals surface area contributed by atoms with Crippen LogP contribution in [0.1, 0.15) is 71.6 Å². The molecule has 182 valence electrons. The zero-order valence-electron chi connectivity index (χ0n) is 19.3. The number of unbranched alkanes of at least 4 members (excludes halogenated alkanes) is 2. The van der Waals surface area contributed by atoms with Crippen LogP contribution in [-0.4, -0.2) is 76.6 Å². The first-order valence-corrected chi connectivity index (χ1v) is 11.6. The number of carbonyl (C=O) groups excluding carboxylic acids is 5. The number of amides is 5. The summed E-state index contributed by atoms with van der Waals surface area (Å²) in [6.45, 7) is 4.56. The summed E-state index contributed by atoms with van der Waals surface area (Å²) in [5, 5.41) is 6.24. The number of imide groups is 1. The van der Waals surface area contributed by atoms with Gasteiger partial charge in [0.25, 0.3) is 11.8 Å². The van der Waals surface area contributed by atoms with Crippen molar-refractivity contribution in [2.45, 2.75) is 89.3 Å². The molecular weight excluding hydrogens is 430 g/mol. The second-order valence-corrected chi connectivity index (χ2v) is 9.15. The van der Waals surface area contributed by atoms with E-state index in [0.29, 0.717) is 30.9 Å². The minimum atomic E-state index is -0.716. The maximum atomic E-state index is 12.8. The second-order valence-electron chi connectivity index (χ2n) is 9.15. The van der Waals surface area contributed by atoms with Gasteiger partial charge in [-0.15, -0.1) is 5.06 Å². The fourth-order valence-corrected chi connectivity index (χ4v) is 3.93. The minimum absolute atomic E-state index is 0.0395. The molecule has 3 aliphatic rings. The Labute approximate surface area is 193 Å². The standard InChI is InChI=1S/C22H33N5O6/c1-15-16(25-21(32)24-15)6-4-3-5-7-17(28)26(13-11-22(2)14-23-22)12-10-20(31)33-27-18(29)8-9-19(27)30/h14-16H,3-13H2,1-2H3,(H2,24,25,32). The van der Waals surface area contributed by atoms with E-state index in [4.69, 9.17) is 4.84 Å². The van der Waals surface area contributed by atoms with Crippen LogP contribution in [0.4, 0.5) is 4.79 Å². The van der Waals surface area contributed by atoms with Gasteiger partial charge >= 0.3 is 12.0 Å². The molecule has 0 aromatic rings. The predicted octanol–water partition coefficient (Wildman–Crippen LogP) is 1.07. The lowest BCUT2D eigenvalue weighted by Crippen LogP contribution is -2.37. The average molecular weight is 464 g/mol. The normalized spacial score (nSPS) is 25.8. The Hall–Kier alpha value is -2.98. The van der Waals surface area contributed by atoms with E-state index in [0.717, 1.165) is 19.3 Å². The summed E-state index contributed by atoms with van der Waals surface area (Å²) in [6.07, 6.45) is 6.18. The maximum Gasteiger partial charge on any atom is 0.334 e. The van der Waals surface area contributed by atoms with Crippen molar-refractivity contribution in [3.05, 3.63) is 0 Å². The first-order valence-electron chi connectivity index (χ1n) is 11.6. The molecule has 0 saturated carbocycles. The Morgan fingerprint density at radius 2 is 1.82 bits per heavy atom. The van der Waals surface area contributed by atoms with Gasteiger partial charge in [0.15, 0.2) is 0 Å². The molecule has 2 N–H and O–H groups in total. The van der Waals surface area contributed by atoms with E-state index in [2.05, 4.69) is 15.6 Å².